The molecule has 70 valence electrons. The molecule has 0 atom stereocenters. The molecule has 0 radical (unpaired) electrons. The van der Waals surface area contributed by atoms with E-state index in [0.29, 0.717) is 11.1 Å². The lowest BCUT2D eigenvalue weighted by molar-refractivity contribution is 0.932. The van der Waals surface area contributed by atoms with Gasteiger partial charge in [-0.2, -0.15) is 5.10 Å². The van der Waals surface area contributed by atoms with Crippen molar-refractivity contribution in [2.45, 2.75) is 18.8 Å². The largest absolute Gasteiger partial charge is 0.159 e. The van der Waals surface area contributed by atoms with Crippen LogP contribution in [0, 0.1) is 0 Å². The molecule has 0 N–H and O–H groups in total. The van der Waals surface area contributed by atoms with Crippen molar-refractivity contribution in [1.82, 2.24) is 10.2 Å². The zero-order valence-electron chi connectivity index (χ0n) is 7.57. The van der Waals surface area contributed by atoms with Gasteiger partial charge in [0.25, 0.3) is 0 Å². The molecule has 14 heavy (non-hydrogen) atoms. The molecule has 0 amide bonds. The minimum absolute atomic E-state index is 0.505. The number of benzene rings is 1. The number of hydrogen-bond donors (Lipinski definition) is 0. The third kappa shape index (κ3) is 1.18. The average Bonchev–Trinajstić information content (AvgIpc) is 3.03. The van der Waals surface area contributed by atoms with Crippen LogP contribution < -0.4 is 0 Å². The summed E-state index contributed by atoms with van der Waals surface area (Å²) >= 11 is 5.98. The van der Waals surface area contributed by atoms with Crippen LogP contribution in [0.2, 0.25) is 5.15 Å². The fourth-order valence-electron chi connectivity index (χ4n) is 1.75. The summed E-state index contributed by atoms with van der Waals surface area (Å²) in [6.07, 6.45) is 2.47. The molecule has 3 heteroatoms. The normalized spacial score (nSPS) is 16.1. The van der Waals surface area contributed by atoms with Crippen molar-refractivity contribution in [3.63, 3.8) is 0 Å². The van der Waals surface area contributed by atoms with E-state index in [1.807, 2.05) is 18.2 Å². The highest BCUT2D eigenvalue weighted by atomic mass is 35.5. The van der Waals surface area contributed by atoms with Crippen molar-refractivity contribution in [1.29, 1.82) is 0 Å². The van der Waals surface area contributed by atoms with E-state index in [2.05, 4.69) is 16.3 Å². The predicted octanol–water partition coefficient (Wildman–Crippen LogP) is 3.16. The lowest BCUT2D eigenvalue weighted by atomic mass is 10.1. The second-order valence-corrected chi connectivity index (χ2v) is 4.05. The lowest BCUT2D eigenvalue weighted by Gasteiger charge is -2.03. The lowest BCUT2D eigenvalue weighted by Crippen LogP contribution is -1.93. The standard InChI is InChI=1S/C11H9ClN2/c12-11-9-4-2-1-3-8(9)10(13-14-11)7-5-6-7/h1-4,7H,5-6H2. The van der Waals surface area contributed by atoms with Gasteiger partial charge in [-0.3, -0.25) is 0 Å². The summed E-state index contributed by atoms with van der Waals surface area (Å²) < 4.78 is 0. The van der Waals surface area contributed by atoms with E-state index >= 15 is 0 Å². The number of nitrogens with zero attached hydrogens (tertiary/aromatic N) is 2. The zero-order chi connectivity index (χ0) is 9.54. The molecule has 2 nitrogen and oxygen atoms in total. The van der Waals surface area contributed by atoms with E-state index in [4.69, 9.17) is 11.6 Å². The van der Waals surface area contributed by atoms with E-state index < -0.39 is 0 Å². The average molecular weight is 205 g/mol. The molecule has 0 saturated heterocycles. The fourth-order valence-corrected chi connectivity index (χ4v) is 1.95. The zero-order valence-corrected chi connectivity index (χ0v) is 8.33. The molecule has 1 heterocycles. The van der Waals surface area contributed by atoms with E-state index in [0.717, 1.165) is 16.5 Å². The minimum atomic E-state index is 0.505. The van der Waals surface area contributed by atoms with Gasteiger partial charge in [-0.05, 0) is 12.8 Å². The van der Waals surface area contributed by atoms with Crippen LogP contribution in [-0.4, -0.2) is 10.2 Å². The van der Waals surface area contributed by atoms with E-state index in [-0.39, 0.29) is 0 Å². The third-order valence-electron chi connectivity index (χ3n) is 2.63. The van der Waals surface area contributed by atoms with Crippen LogP contribution >= 0.6 is 11.6 Å². The molecule has 0 bridgehead atoms. The second-order valence-electron chi connectivity index (χ2n) is 3.70. The highest BCUT2D eigenvalue weighted by Gasteiger charge is 2.27. The molecule has 1 aliphatic rings. The van der Waals surface area contributed by atoms with Crippen molar-refractivity contribution >= 4 is 22.4 Å². The van der Waals surface area contributed by atoms with Crippen LogP contribution in [0.25, 0.3) is 10.8 Å². The summed E-state index contributed by atoms with van der Waals surface area (Å²) in [7, 11) is 0. The van der Waals surface area contributed by atoms with Crippen molar-refractivity contribution in [2.75, 3.05) is 0 Å². The number of aromatic nitrogens is 2. The van der Waals surface area contributed by atoms with Gasteiger partial charge < -0.3 is 0 Å². The minimum Gasteiger partial charge on any atom is -0.153 e. The Kier molecular flexibility index (Phi) is 1.71. The number of hydrogen-bond acceptors (Lipinski definition) is 2. The predicted molar refractivity (Wildman–Crippen MR) is 56.5 cm³/mol. The SMILES string of the molecule is Clc1nnc(C2CC2)c2ccccc12. The Morgan fingerprint density at radius 1 is 1.07 bits per heavy atom. The van der Waals surface area contributed by atoms with Gasteiger partial charge in [-0.15, -0.1) is 5.10 Å². The molecule has 1 aromatic heterocycles. The highest BCUT2D eigenvalue weighted by Crippen LogP contribution is 2.42. The van der Waals surface area contributed by atoms with Crippen LogP contribution in [0.5, 0.6) is 0 Å². The van der Waals surface area contributed by atoms with Crippen LogP contribution in [0.3, 0.4) is 0 Å². The smallest absolute Gasteiger partial charge is 0.153 e. The van der Waals surface area contributed by atoms with Gasteiger partial charge >= 0.3 is 0 Å². The van der Waals surface area contributed by atoms with Crippen LogP contribution in [0.1, 0.15) is 24.5 Å². The quantitative estimate of drug-likeness (QED) is 0.713. The summed E-state index contributed by atoms with van der Waals surface area (Å²) in [5.74, 6) is 0.615. The molecule has 1 aliphatic carbocycles. The molecular formula is C11H9ClN2. The van der Waals surface area contributed by atoms with Crippen LogP contribution in [0.15, 0.2) is 24.3 Å². The fraction of sp³-hybridized carbons (Fsp3) is 0.273. The second kappa shape index (κ2) is 2.92. The Hall–Kier alpha value is -1.15. The summed E-state index contributed by atoms with van der Waals surface area (Å²) in [6, 6.07) is 8.07. The van der Waals surface area contributed by atoms with Crippen molar-refractivity contribution in [2.24, 2.45) is 0 Å². The third-order valence-corrected chi connectivity index (χ3v) is 2.91. The van der Waals surface area contributed by atoms with E-state index in [1.54, 1.807) is 0 Å². The first-order valence-electron chi connectivity index (χ1n) is 4.77. The highest BCUT2D eigenvalue weighted by molar-refractivity contribution is 6.34. The first-order chi connectivity index (χ1) is 6.86. The number of fused-ring (bicyclic) bond motifs is 1. The van der Waals surface area contributed by atoms with Crippen molar-refractivity contribution in [3.05, 3.63) is 35.1 Å². The van der Waals surface area contributed by atoms with E-state index in [9.17, 15) is 0 Å². The van der Waals surface area contributed by atoms with Crippen LogP contribution in [-0.2, 0) is 0 Å². The Bertz CT molecular complexity index is 492. The van der Waals surface area contributed by atoms with Crippen molar-refractivity contribution < 1.29 is 0 Å². The molecule has 3 rings (SSSR count). The summed E-state index contributed by atoms with van der Waals surface area (Å²) in [4.78, 5) is 0. The van der Waals surface area contributed by atoms with E-state index in [1.165, 1.54) is 12.8 Å². The maximum atomic E-state index is 5.98. The topological polar surface area (TPSA) is 25.8 Å². The summed E-state index contributed by atoms with van der Waals surface area (Å²) in [5.41, 5.74) is 1.12. The monoisotopic (exact) mass is 204 g/mol. The molecule has 1 saturated carbocycles. The first-order valence-corrected chi connectivity index (χ1v) is 5.15. The molecule has 0 aliphatic heterocycles. The number of rotatable bonds is 1. The Morgan fingerprint density at radius 3 is 2.50 bits per heavy atom. The Balaban J connectivity index is 2.35. The van der Waals surface area contributed by atoms with Crippen molar-refractivity contribution in [3.8, 4) is 0 Å². The van der Waals surface area contributed by atoms with Gasteiger partial charge in [0.05, 0.1) is 5.69 Å². The molecular weight excluding hydrogens is 196 g/mol. The van der Waals surface area contributed by atoms with Gasteiger partial charge in [-0.25, -0.2) is 0 Å². The molecule has 0 unspecified atom stereocenters. The molecule has 0 spiro atoms. The number of halogens is 1. The van der Waals surface area contributed by atoms with Crippen LogP contribution in [0.4, 0.5) is 0 Å². The molecule has 1 aromatic carbocycles. The van der Waals surface area contributed by atoms with Gasteiger partial charge in [0.1, 0.15) is 0 Å². The van der Waals surface area contributed by atoms with Gasteiger partial charge in [0.2, 0.25) is 0 Å². The van der Waals surface area contributed by atoms with Gasteiger partial charge in [-0.1, -0.05) is 35.9 Å². The first kappa shape index (κ1) is 8.18. The maximum absolute atomic E-state index is 5.98. The summed E-state index contributed by atoms with van der Waals surface area (Å²) in [6.45, 7) is 0. The molecule has 1 fully saturated rings. The van der Waals surface area contributed by atoms with Gasteiger partial charge in [0.15, 0.2) is 5.15 Å². The maximum Gasteiger partial charge on any atom is 0.159 e. The summed E-state index contributed by atoms with van der Waals surface area (Å²) in [5, 5.41) is 10.9. The Morgan fingerprint density at radius 2 is 1.79 bits per heavy atom. The Labute approximate surface area is 86.9 Å². The molecule has 2 aromatic rings. The van der Waals surface area contributed by atoms with Gasteiger partial charge in [0, 0.05) is 16.7 Å².